The lowest BCUT2D eigenvalue weighted by Gasteiger charge is -2.33. The molecular weight excluding hydrogens is 458 g/mol. The van der Waals surface area contributed by atoms with E-state index in [0.29, 0.717) is 34.3 Å². The van der Waals surface area contributed by atoms with Gasteiger partial charge in [0.15, 0.2) is 10.8 Å². The first kappa shape index (κ1) is 22.1. The van der Waals surface area contributed by atoms with Gasteiger partial charge in [0.1, 0.15) is 5.39 Å². The summed E-state index contributed by atoms with van der Waals surface area (Å²) in [5.74, 6) is 1.43. The smallest absolute Gasteiger partial charge is 0.265 e. The predicted octanol–water partition coefficient (Wildman–Crippen LogP) is 4.10. The fourth-order valence-corrected chi connectivity index (χ4v) is 6.33. The van der Waals surface area contributed by atoms with Gasteiger partial charge in [-0.2, -0.15) is 5.10 Å². The lowest BCUT2D eigenvalue weighted by atomic mass is 9.90. The highest BCUT2D eigenvalue weighted by atomic mass is 32.2. The van der Waals surface area contributed by atoms with Crippen molar-refractivity contribution in [1.29, 1.82) is 0 Å². The number of aromatic nitrogens is 4. The third kappa shape index (κ3) is 4.27. The highest BCUT2D eigenvalue weighted by molar-refractivity contribution is 7.99. The zero-order chi connectivity index (χ0) is 23.8. The summed E-state index contributed by atoms with van der Waals surface area (Å²) >= 11 is 1.54. The zero-order valence-corrected chi connectivity index (χ0v) is 20.2. The molecule has 2 aromatic heterocycles. The molecule has 1 amide bonds. The van der Waals surface area contributed by atoms with E-state index in [4.69, 9.17) is 4.98 Å². The van der Waals surface area contributed by atoms with Crippen molar-refractivity contribution < 1.29 is 4.79 Å². The van der Waals surface area contributed by atoms with Gasteiger partial charge in [0.05, 0.1) is 17.9 Å². The maximum atomic E-state index is 13.4. The quantitative estimate of drug-likeness (QED) is 0.398. The van der Waals surface area contributed by atoms with Crippen LogP contribution in [-0.4, -0.2) is 49.0 Å². The number of thioether (sulfide) groups is 1. The van der Waals surface area contributed by atoms with Crippen LogP contribution in [0.5, 0.6) is 0 Å². The Balaban J connectivity index is 1.15. The second-order valence-electron chi connectivity index (χ2n) is 9.38. The van der Waals surface area contributed by atoms with E-state index in [2.05, 4.69) is 29.4 Å². The molecule has 2 aromatic carbocycles. The number of nitrogens with zero attached hydrogens (tertiary/aromatic N) is 5. The number of likely N-dealkylation sites (tertiary alicyclic amines) is 1. The maximum absolute atomic E-state index is 13.4. The molecule has 0 spiro atoms. The number of piperidine rings is 1. The summed E-state index contributed by atoms with van der Waals surface area (Å²) in [6.45, 7) is 1.58. The van der Waals surface area contributed by atoms with Crippen LogP contribution in [0.15, 0.2) is 76.8 Å². The molecule has 178 valence electrons. The summed E-state index contributed by atoms with van der Waals surface area (Å²) < 4.78 is 3.42. The van der Waals surface area contributed by atoms with Gasteiger partial charge in [-0.3, -0.25) is 14.2 Å². The van der Waals surface area contributed by atoms with Gasteiger partial charge in [0.25, 0.3) is 5.56 Å². The van der Waals surface area contributed by atoms with Gasteiger partial charge in [-0.15, -0.1) is 0 Å². The van der Waals surface area contributed by atoms with Gasteiger partial charge >= 0.3 is 0 Å². The summed E-state index contributed by atoms with van der Waals surface area (Å²) in [6, 6.07) is 20.1. The lowest BCUT2D eigenvalue weighted by Crippen LogP contribution is -2.40. The Bertz CT molecular complexity index is 1410. The molecule has 6 rings (SSSR count). The van der Waals surface area contributed by atoms with Crippen LogP contribution in [0.4, 0.5) is 0 Å². The monoisotopic (exact) mass is 485 g/mol. The van der Waals surface area contributed by atoms with Crippen molar-refractivity contribution >= 4 is 28.7 Å². The second-order valence-corrected chi connectivity index (χ2v) is 10.4. The molecule has 1 saturated heterocycles. The van der Waals surface area contributed by atoms with E-state index in [1.807, 2.05) is 41.3 Å². The summed E-state index contributed by atoms with van der Waals surface area (Å²) in [5, 5.41) is 5.57. The van der Waals surface area contributed by atoms with Crippen LogP contribution in [0.1, 0.15) is 30.9 Å². The summed E-state index contributed by atoms with van der Waals surface area (Å²) in [5.41, 5.74) is 2.68. The van der Waals surface area contributed by atoms with Crippen molar-refractivity contribution in [2.24, 2.45) is 5.92 Å². The first-order valence-electron chi connectivity index (χ1n) is 12.2. The maximum Gasteiger partial charge on any atom is 0.265 e. The molecule has 1 atom stereocenters. The highest BCUT2D eigenvalue weighted by Gasteiger charge is 2.32. The van der Waals surface area contributed by atoms with Crippen LogP contribution in [0.25, 0.3) is 16.7 Å². The van der Waals surface area contributed by atoms with Crippen molar-refractivity contribution in [1.82, 2.24) is 24.2 Å². The van der Waals surface area contributed by atoms with Gasteiger partial charge < -0.3 is 4.90 Å². The van der Waals surface area contributed by atoms with E-state index in [-0.39, 0.29) is 17.5 Å². The van der Waals surface area contributed by atoms with Gasteiger partial charge in [-0.05, 0) is 42.9 Å². The molecule has 0 radical (unpaired) electrons. The average Bonchev–Trinajstić information content (AvgIpc) is 3.50. The Hall–Kier alpha value is -3.39. The molecule has 4 heterocycles. The molecule has 0 saturated carbocycles. The topological polar surface area (TPSA) is 73.0 Å². The third-order valence-corrected chi connectivity index (χ3v) is 8.21. The van der Waals surface area contributed by atoms with E-state index in [1.54, 1.807) is 27.2 Å². The van der Waals surface area contributed by atoms with E-state index < -0.39 is 0 Å². The Morgan fingerprint density at radius 2 is 1.71 bits per heavy atom. The molecule has 4 aromatic rings. The summed E-state index contributed by atoms with van der Waals surface area (Å²) in [7, 11) is 0. The van der Waals surface area contributed by atoms with Crippen molar-refractivity contribution in [2.75, 3.05) is 18.8 Å². The van der Waals surface area contributed by atoms with E-state index >= 15 is 0 Å². The van der Waals surface area contributed by atoms with Gasteiger partial charge in [0, 0.05) is 25.3 Å². The SMILES string of the molecule is O=C(CC1CSc2nc3c(cnn3-c3ccccc3)c(=O)n21)N1CCC(Cc2ccccc2)CC1. The Labute approximate surface area is 207 Å². The molecule has 7 nitrogen and oxygen atoms in total. The van der Waals surface area contributed by atoms with E-state index in [0.717, 1.165) is 38.0 Å². The molecule has 35 heavy (non-hydrogen) atoms. The number of amides is 1. The number of fused-ring (bicyclic) bond motifs is 2. The fourth-order valence-electron chi connectivity index (χ4n) is 5.20. The number of hydrogen-bond donors (Lipinski definition) is 0. The molecule has 8 heteroatoms. The average molecular weight is 486 g/mol. The number of para-hydroxylation sites is 1. The molecule has 1 unspecified atom stereocenters. The number of benzene rings is 2. The number of rotatable bonds is 5. The van der Waals surface area contributed by atoms with Gasteiger partial charge in [-0.1, -0.05) is 60.3 Å². The minimum absolute atomic E-state index is 0.114. The molecule has 0 aliphatic carbocycles. The molecule has 0 bridgehead atoms. The summed E-state index contributed by atoms with van der Waals surface area (Å²) in [6.07, 6.45) is 5.05. The zero-order valence-electron chi connectivity index (χ0n) is 19.4. The van der Waals surface area contributed by atoms with Crippen molar-refractivity contribution in [3.05, 3.63) is 82.8 Å². The normalized spacial score (nSPS) is 18.2. The minimum Gasteiger partial charge on any atom is -0.343 e. The van der Waals surface area contributed by atoms with Crippen molar-refractivity contribution in [3.63, 3.8) is 0 Å². The standard InChI is InChI=1S/C27H27N5O2S/c33-24(30-13-11-20(12-14-30)15-19-7-3-1-4-8-19)16-22-18-35-27-29-25-23(26(34)31(22)27)17-28-32(25)21-9-5-2-6-10-21/h1-10,17,20,22H,11-16,18H2. The Morgan fingerprint density at radius 1 is 1.00 bits per heavy atom. The first-order valence-corrected chi connectivity index (χ1v) is 13.2. The second kappa shape index (κ2) is 9.34. The third-order valence-electron chi connectivity index (χ3n) is 7.12. The predicted molar refractivity (Wildman–Crippen MR) is 137 cm³/mol. The lowest BCUT2D eigenvalue weighted by molar-refractivity contribution is -0.133. The van der Waals surface area contributed by atoms with Crippen LogP contribution in [0, 0.1) is 5.92 Å². The van der Waals surface area contributed by atoms with Crippen LogP contribution < -0.4 is 5.56 Å². The molecule has 0 N–H and O–H groups in total. The van der Waals surface area contributed by atoms with Crippen LogP contribution in [-0.2, 0) is 11.2 Å². The van der Waals surface area contributed by atoms with E-state index in [9.17, 15) is 9.59 Å². The highest BCUT2D eigenvalue weighted by Crippen LogP contribution is 2.34. The fraction of sp³-hybridized carbons (Fsp3) is 0.333. The number of carbonyl (C=O) groups excluding carboxylic acids is 1. The van der Waals surface area contributed by atoms with Crippen LogP contribution >= 0.6 is 11.8 Å². The number of carbonyl (C=O) groups is 1. The van der Waals surface area contributed by atoms with Crippen molar-refractivity contribution in [3.8, 4) is 5.69 Å². The largest absolute Gasteiger partial charge is 0.343 e. The van der Waals surface area contributed by atoms with E-state index in [1.165, 1.54) is 5.56 Å². The van der Waals surface area contributed by atoms with Gasteiger partial charge in [-0.25, -0.2) is 9.67 Å². The Morgan fingerprint density at radius 3 is 2.46 bits per heavy atom. The first-order chi connectivity index (χ1) is 17.2. The molecule has 2 aliphatic heterocycles. The molecular formula is C27H27N5O2S. The van der Waals surface area contributed by atoms with Gasteiger partial charge in [0.2, 0.25) is 5.91 Å². The van der Waals surface area contributed by atoms with Crippen LogP contribution in [0.2, 0.25) is 0 Å². The van der Waals surface area contributed by atoms with Crippen LogP contribution in [0.3, 0.4) is 0 Å². The number of hydrogen-bond acceptors (Lipinski definition) is 5. The molecule has 1 fully saturated rings. The summed E-state index contributed by atoms with van der Waals surface area (Å²) in [4.78, 5) is 33.3. The molecule has 2 aliphatic rings. The van der Waals surface area contributed by atoms with Crippen molar-refractivity contribution in [2.45, 2.75) is 36.9 Å². The Kier molecular flexibility index (Phi) is 5.90. The minimum atomic E-state index is -0.172.